The van der Waals surface area contributed by atoms with Crippen LogP contribution in [0.25, 0.3) is 0 Å². The zero-order valence-corrected chi connectivity index (χ0v) is 64.1. The number of hydrogen-bond donors (Lipinski definition) is 3. The van der Waals surface area contributed by atoms with E-state index in [2.05, 4.69) is 55.4 Å². The summed E-state index contributed by atoms with van der Waals surface area (Å²) in [6, 6.07) is 0. The first-order valence-corrected chi connectivity index (χ1v) is 42.2. The van der Waals surface area contributed by atoms with Gasteiger partial charge in [-0.3, -0.25) is 37.3 Å². The van der Waals surface area contributed by atoms with Gasteiger partial charge in [0.25, 0.3) is 0 Å². The molecule has 6 atom stereocenters. The van der Waals surface area contributed by atoms with Gasteiger partial charge in [0.05, 0.1) is 26.4 Å². The van der Waals surface area contributed by atoms with Gasteiger partial charge in [-0.25, -0.2) is 9.13 Å². The molecule has 17 nitrogen and oxygen atoms in total. The van der Waals surface area contributed by atoms with Crippen LogP contribution in [0.1, 0.15) is 383 Å². The van der Waals surface area contributed by atoms with Crippen molar-refractivity contribution >= 4 is 39.5 Å². The topological polar surface area (TPSA) is 237 Å². The van der Waals surface area contributed by atoms with Crippen LogP contribution in [-0.4, -0.2) is 96.7 Å². The first-order valence-electron chi connectivity index (χ1n) is 39.2. The van der Waals surface area contributed by atoms with E-state index in [1.54, 1.807) is 0 Å². The Labute approximate surface area is 581 Å². The first kappa shape index (κ1) is 93.1. The SMILES string of the molecule is CCC(C)CCCCCCCCC(=O)O[C@H](COC(=O)CCCCCCCCCCC(C)C)COP(=O)(O)OCC(O)COP(=O)(O)OC[C@@H](COC(=O)CCCCCCCCCCCCCCC(C)C)OC(=O)CCCCCCCCCCCCCCCCCCC(C)C. The van der Waals surface area contributed by atoms with Crippen molar-refractivity contribution in [2.45, 2.75) is 401 Å². The number of phosphoric ester groups is 2. The molecule has 0 bridgehead atoms. The van der Waals surface area contributed by atoms with E-state index >= 15 is 0 Å². The molecule has 4 unspecified atom stereocenters. The Morgan fingerprint density at radius 2 is 0.505 bits per heavy atom. The molecule has 564 valence electrons. The number of hydrogen-bond acceptors (Lipinski definition) is 15. The fraction of sp³-hybridized carbons (Fsp3) is 0.947. The maximum Gasteiger partial charge on any atom is 0.472 e. The molecular weight excluding hydrogens is 1250 g/mol. The number of ether oxygens (including phenoxy) is 4. The zero-order valence-electron chi connectivity index (χ0n) is 62.3. The molecule has 0 fully saturated rings. The molecule has 95 heavy (non-hydrogen) atoms. The van der Waals surface area contributed by atoms with Gasteiger partial charge in [-0.05, 0) is 49.4 Å². The lowest BCUT2D eigenvalue weighted by Crippen LogP contribution is -2.30. The van der Waals surface area contributed by atoms with Crippen LogP contribution >= 0.6 is 15.6 Å². The Hall–Kier alpha value is -1.94. The highest BCUT2D eigenvalue weighted by Crippen LogP contribution is 2.45. The molecule has 0 aromatic heterocycles. The van der Waals surface area contributed by atoms with Crippen LogP contribution in [0.15, 0.2) is 0 Å². The molecule has 0 rings (SSSR count). The van der Waals surface area contributed by atoms with E-state index in [0.717, 1.165) is 114 Å². The monoisotopic (exact) mass is 1400 g/mol. The highest BCUT2D eigenvalue weighted by Gasteiger charge is 2.30. The van der Waals surface area contributed by atoms with Gasteiger partial charge in [-0.2, -0.15) is 0 Å². The Morgan fingerprint density at radius 1 is 0.295 bits per heavy atom. The van der Waals surface area contributed by atoms with Gasteiger partial charge in [0.15, 0.2) is 12.2 Å². The van der Waals surface area contributed by atoms with Crippen LogP contribution in [0.4, 0.5) is 0 Å². The van der Waals surface area contributed by atoms with Gasteiger partial charge in [-0.15, -0.1) is 0 Å². The van der Waals surface area contributed by atoms with Gasteiger partial charge in [-0.1, -0.05) is 331 Å². The summed E-state index contributed by atoms with van der Waals surface area (Å²) in [4.78, 5) is 72.8. The fourth-order valence-electron chi connectivity index (χ4n) is 11.5. The predicted molar refractivity (Wildman–Crippen MR) is 386 cm³/mol. The fourth-order valence-corrected chi connectivity index (χ4v) is 13.1. The molecule has 0 radical (unpaired) electrons. The highest BCUT2D eigenvalue weighted by molar-refractivity contribution is 7.47. The van der Waals surface area contributed by atoms with Gasteiger partial charge in [0.2, 0.25) is 0 Å². The number of aliphatic hydroxyl groups is 1. The van der Waals surface area contributed by atoms with E-state index in [9.17, 15) is 43.2 Å². The Kier molecular flexibility index (Phi) is 64.0. The van der Waals surface area contributed by atoms with E-state index in [4.69, 9.17) is 37.0 Å². The average Bonchev–Trinajstić information content (AvgIpc) is 2.42. The van der Waals surface area contributed by atoms with Gasteiger partial charge in [0.1, 0.15) is 19.3 Å². The van der Waals surface area contributed by atoms with Crippen molar-refractivity contribution in [2.75, 3.05) is 39.6 Å². The van der Waals surface area contributed by atoms with Gasteiger partial charge < -0.3 is 33.8 Å². The number of rotatable bonds is 73. The lowest BCUT2D eigenvalue weighted by Gasteiger charge is -2.21. The number of unbranched alkanes of at least 4 members (excludes halogenated alkanes) is 38. The Bertz CT molecular complexity index is 1870. The Balaban J connectivity index is 5.23. The van der Waals surface area contributed by atoms with Crippen LogP contribution in [0.5, 0.6) is 0 Å². The third-order valence-electron chi connectivity index (χ3n) is 17.9. The molecule has 0 aliphatic carbocycles. The molecule has 0 saturated heterocycles. The molecule has 0 spiro atoms. The lowest BCUT2D eigenvalue weighted by molar-refractivity contribution is -0.161. The summed E-state index contributed by atoms with van der Waals surface area (Å²) in [5.74, 6) is 0.914. The van der Waals surface area contributed by atoms with E-state index in [-0.39, 0.29) is 25.7 Å². The number of esters is 4. The molecule has 0 aromatic carbocycles. The second-order valence-electron chi connectivity index (χ2n) is 29.1. The molecule has 3 N–H and O–H groups in total. The van der Waals surface area contributed by atoms with Crippen LogP contribution in [-0.2, 0) is 65.4 Å². The maximum absolute atomic E-state index is 13.1. The molecule has 0 aliphatic rings. The van der Waals surface area contributed by atoms with Crippen molar-refractivity contribution in [3.8, 4) is 0 Å². The average molecular weight is 1400 g/mol. The maximum atomic E-state index is 13.1. The lowest BCUT2D eigenvalue weighted by atomic mass is 10.00. The van der Waals surface area contributed by atoms with E-state index in [0.29, 0.717) is 25.7 Å². The van der Waals surface area contributed by atoms with Crippen molar-refractivity contribution in [3.05, 3.63) is 0 Å². The van der Waals surface area contributed by atoms with E-state index in [1.165, 1.54) is 186 Å². The predicted octanol–water partition coefficient (Wildman–Crippen LogP) is 22.0. The van der Waals surface area contributed by atoms with E-state index < -0.39 is 97.5 Å². The van der Waals surface area contributed by atoms with Gasteiger partial charge >= 0.3 is 39.5 Å². The summed E-state index contributed by atoms with van der Waals surface area (Å²) < 4.78 is 68.5. The molecule has 0 aliphatic heterocycles. The molecule has 0 heterocycles. The molecule has 0 aromatic rings. The minimum absolute atomic E-state index is 0.102. The summed E-state index contributed by atoms with van der Waals surface area (Å²) in [6.07, 6.45) is 50.1. The second-order valence-corrected chi connectivity index (χ2v) is 32.0. The van der Waals surface area contributed by atoms with Crippen LogP contribution < -0.4 is 0 Å². The summed E-state index contributed by atoms with van der Waals surface area (Å²) in [5, 5.41) is 10.6. The van der Waals surface area contributed by atoms with Gasteiger partial charge in [0, 0.05) is 25.7 Å². The Morgan fingerprint density at radius 3 is 0.747 bits per heavy atom. The summed E-state index contributed by atoms with van der Waals surface area (Å²) in [5.41, 5.74) is 0. The third-order valence-corrected chi connectivity index (χ3v) is 19.8. The summed E-state index contributed by atoms with van der Waals surface area (Å²) >= 11 is 0. The summed E-state index contributed by atoms with van der Waals surface area (Å²) in [7, 11) is -9.91. The van der Waals surface area contributed by atoms with Crippen LogP contribution in [0, 0.1) is 23.7 Å². The normalized spacial score (nSPS) is 14.4. The highest BCUT2D eigenvalue weighted by atomic mass is 31.2. The van der Waals surface area contributed by atoms with Crippen molar-refractivity contribution in [3.63, 3.8) is 0 Å². The van der Waals surface area contributed by atoms with Crippen molar-refractivity contribution in [2.24, 2.45) is 23.7 Å². The quantitative estimate of drug-likeness (QED) is 0.0222. The second kappa shape index (κ2) is 65.4. The van der Waals surface area contributed by atoms with Crippen LogP contribution in [0.3, 0.4) is 0 Å². The van der Waals surface area contributed by atoms with Crippen LogP contribution in [0.2, 0.25) is 0 Å². The molecular formula is C76H148O17P2. The van der Waals surface area contributed by atoms with Crippen molar-refractivity contribution in [1.82, 2.24) is 0 Å². The smallest absolute Gasteiger partial charge is 0.462 e. The number of phosphoric acid groups is 2. The molecule has 0 amide bonds. The molecule has 19 heteroatoms. The third kappa shape index (κ3) is 69.0. The van der Waals surface area contributed by atoms with E-state index in [1.807, 2.05) is 0 Å². The molecule has 0 saturated carbocycles. The number of carbonyl (C=O) groups is 4. The minimum atomic E-state index is -4.96. The number of aliphatic hydroxyl groups excluding tert-OH is 1. The minimum Gasteiger partial charge on any atom is -0.462 e. The standard InChI is InChI=1S/C76H148O17P2/c1-9-69(8)55-47-39-34-35-43-51-59-76(81)93-72(63-87-74(79)57-49-41-32-27-26-30-38-46-54-68(6)7)65-91-95(84,85)89-61-70(77)60-88-94(82,83)90-64-71(62-86-73(78)56-48-40-31-24-20-17-16-19-23-29-37-45-53-67(4)5)92-75(80)58-50-42-33-25-21-15-13-11-10-12-14-18-22-28-36-44-52-66(2)3/h66-72,77H,9-65H2,1-8H3,(H,82,83)(H,84,85)/t69?,70?,71-,72-/m1/s1. The largest absolute Gasteiger partial charge is 0.472 e. The van der Waals surface area contributed by atoms with Crippen molar-refractivity contribution in [1.29, 1.82) is 0 Å². The summed E-state index contributed by atoms with van der Waals surface area (Å²) in [6.45, 7) is 14.2. The first-order chi connectivity index (χ1) is 45.6. The number of carbonyl (C=O) groups excluding carboxylic acids is 4. The zero-order chi connectivity index (χ0) is 70.3. The van der Waals surface area contributed by atoms with Crippen molar-refractivity contribution < 1.29 is 80.2 Å².